The predicted molar refractivity (Wildman–Crippen MR) is 107 cm³/mol. The van der Waals surface area contributed by atoms with Crippen molar-refractivity contribution in [2.24, 2.45) is 0 Å². The molecule has 2 aromatic heterocycles. The SMILES string of the molecule is CCCCCOC(=O)c1cnc2c(OC)cccc2c1S(=O)(=O)c1ccoc1C. The van der Waals surface area contributed by atoms with Crippen molar-refractivity contribution in [1.82, 2.24) is 4.98 Å². The van der Waals surface area contributed by atoms with Gasteiger partial charge >= 0.3 is 5.97 Å². The van der Waals surface area contributed by atoms with Crippen molar-refractivity contribution < 1.29 is 27.1 Å². The number of fused-ring (bicyclic) bond motifs is 1. The van der Waals surface area contributed by atoms with Gasteiger partial charge in [0.15, 0.2) is 0 Å². The number of hydrogen-bond donors (Lipinski definition) is 0. The summed E-state index contributed by atoms with van der Waals surface area (Å²) >= 11 is 0. The van der Waals surface area contributed by atoms with Crippen LogP contribution in [0.3, 0.4) is 0 Å². The van der Waals surface area contributed by atoms with Crippen molar-refractivity contribution in [3.8, 4) is 5.75 Å². The Morgan fingerprint density at radius 3 is 2.66 bits per heavy atom. The molecular formula is C21H23NO6S. The number of rotatable bonds is 8. The van der Waals surface area contributed by atoms with Crippen LogP contribution in [0.5, 0.6) is 5.75 Å². The molecule has 0 saturated carbocycles. The molecule has 2 heterocycles. The van der Waals surface area contributed by atoms with Crippen LogP contribution in [0, 0.1) is 6.92 Å². The summed E-state index contributed by atoms with van der Waals surface area (Å²) in [6.45, 7) is 3.81. The number of carbonyl (C=O) groups excluding carboxylic acids is 1. The van der Waals surface area contributed by atoms with Gasteiger partial charge in [-0.1, -0.05) is 31.9 Å². The zero-order valence-corrected chi connectivity index (χ0v) is 17.4. The van der Waals surface area contributed by atoms with Crippen LogP contribution in [-0.4, -0.2) is 33.1 Å². The van der Waals surface area contributed by atoms with Crippen LogP contribution in [0.4, 0.5) is 0 Å². The van der Waals surface area contributed by atoms with Gasteiger partial charge in [-0.05, 0) is 25.5 Å². The van der Waals surface area contributed by atoms with Gasteiger partial charge in [0, 0.05) is 11.6 Å². The average Bonchev–Trinajstić information content (AvgIpc) is 3.16. The van der Waals surface area contributed by atoms with Crippen molar-refractivity contribution in [2.45, 2.75) is 42.9 Å². The number of benzene rings is 1. The highest BCUT2D eigenvalue weighted by atomic mass is 32.2. The Balaban J connectivity index is 2.21. The van der Waals surface area contributed by atoms with Gasteiger partial charge in [-0.25, -0.2) is 13.2 Å². The number of pyridine rings is 1. The smallest absolute Gasteiger partial charge is 0.341 e. The summed E-state index contributed by atoms with van der Waals surface area (Å²) in [5.74, 6) is -0.0797. The number of sulfone groups is 1. The Labute approximate surface area is 169 Å². The second kappa shape index (κ2) is 8.65. The molecule has 154 valence electrons. The molecule has 0 aliphatic heterocycles. The van der Waals surface area contributed by atoms with Crippen LogP contribution in [0.15, 0.2) is 50.9 Å². The quantitative estimate of drug-likeness (QED) is 0.398. The van der Waals surface area contributed by atoms with Crippen molar-refractivity contribution in [3.63, 3.8) is 0 Å². The van der Waals surface area contributed by atoms with Crippen LogP contribution in [0.1, 0.15) is 42.3 Å². The first-order valence-corrected chi connectivity index (χ1v) is 10.8. The Morgan fingerprint density at radius 1 is 1.21 bits per heavy atom. The molecule has 3 aromatic rings. The van der Waals surface area contributed by atoms with Crippen LogP contribution < -0.4 is 4.74 Å². The van der Waals surface area contributed by atoms with Crippen molar-refractivity contribution >= 4 is 26.7 Å². The highest BCUT2D eigenvalue weighted by molar-refractivity contribution is 7.91. The summed E-state index contributed by atoms with van der Waals surface area (Å²) in [4.78, 5) is 16.9. The summed E-state index contributed by atoms with van der Waals surface area (Å²) < 4.78 is 42.8. The maximum absolute atomic E-state index is 13.5. The summed E-state index contributed by atoms with van der Waals surface area (Å²) in [7, 11) is -2.61. The van der Waals surface area contributed by atoms with Crippen LogP contribution >= 0.6 is 0 Å². The molecule has 0 saturated heterocycles. The number of aryl methyl sites for hydroxylation is 1. The van der Waals surface area contributed by atoms with Gasteiger partial charge in [0.1, 0.15) is 21.9 Å². The third-order valence-corrected chi connectivity index (χ3v) is 6.58. The lowest BCUT2D eigenvalue weighted by Gasteiger charge is -2.14. The molecule has 0 aliphatic carbocycles. The van der Waals surface area contributed by atoms with E-state index in [0.29, 0.717) is 17.7 Å². The van der Waals surface area contributed by atoms with Crippen LogP contribution in [-0.2, 0) is 14.6 Å². The predicted octanol–water partition coefficient (Wildman–Crippen LogP) is 4.32. The van der Waals surface area contributed by atoms with E-state index in [1.54, 1.807) is 25.1 Å². The van der Waals surface area contributed by atoms with Gasteiger partial charge in [0.25, 0.3) is 0 Å². The second-order valence-electron chi connectivity index (χ2n) is 6.54. The molecule has 0 amide bonds. The Morgan fingerprint density at radius 2 is 2.00 bits per heavy atom. The first-order valence-electron chi connectivity index (χ1n) is 9.33. The molecule has 0 fully saturated rings. The molecule has 3 rings (SSSR count). The number of hydrogen-bond acceptors (Lipinski definition) is 7. The lowest BCUT2D eigenvalue weighted by molar-refractivity contribution is 0.0493. The van der Waals surface area contributed by atoms with Crippen molar-refractivity contribution in [2.75, 3.05) is 13.7 Å². The lowest BCUT2D eigenvalue weighted by Crippen LogP contribution is -2.15. The third kappa shape index (κ3) is 3.98. The van der Waals surface area contributed by atoms with E-state index in [2.05, 4.69) is 4.98 Å². The third-order valence-electron chi connectivity index (χ3n) is 4.60. The number of methoxy groups -OCH3 is 1. The minimum Gasteiger partial charge on any atom is -0.494 e. The molecule has 29 heavy (non-hydrogen) atoms. The molecule has 1 aromatic carbocycles. The van der Waals surface area contributed by atoms with E-state index >= 15 is 0 Å². The fourth-order valence-electron chi connectivity index (χ4n) is 3.13. The number of para-hydroxylation sites is 1. The molecule has 0 atom stereocenters. The summed E-state index contributed by atoms with van der Waals surface area (Å²) in [6.07, 6.45) is 5.14. The summed E-state index contributed by atoms with van der Waals surface area (Å²) in [6, 6.07) is 6.30. The maximum Gasteiger partial charge on any atom is 0.341 e. The molecule has 0 spiro atoms. The van der Waals surface area contributed by atoms with Gasteiger partial charge in [-0.15, -0.1) is 0 Å². The number of esters is 1. The van der Waals surface area contributed by atoms with Crippen LogP contribution in [0.2, 0.25) is 0 Å². The molecule has 8 heteroatoms. The van der Waals surface area contributed by atoms with Crippen molar-refractivity contribution in [3.05, 3.63) is 48.0 Å². The van der Waals surface area contributed by atoms with E-state index in [1.807, 2.05) is 6.92 Å². The summed E-state index contributed by atoms with van der Waals surface area (Å²) in [5, 5.41) is 0.285. The molecule has 0 N–H and O–H groups in total. The molecule has 0 unspecified atom stereocenters. The number of ether oxygens (including phenoxy) is 2. The number of unbranched alkanes of at least 4 members (excludes halogenated alkanes) is 2. The average molecular weight is 417 g/mol. The maximum atomic E-state index is 13.5. The van der Waals surface area contributed by atoms with E-state index in [0.717, 1.165) is 12.8 Å². The fourth-order valence-corrected chi connectivity index (χ4v) is 4.89. The standard InChI is InChI=1S/C21H23NO6S/c1-4-5-6-11-28-21(23)16-13-22-19-15(8-7-9-17(19)26-3)20(16)29(24,25)18-10-12-27-14(18)2/h7-10,12-13H,4-6,11H2,1-3H3. The lowest BCUT2D eigenvalue weighted by atomic mass is 10.1. The Bertz CT molecular complexity index is 1130. The summed E-state index contributed by atoms with van der Waals surface area (Å²) in [5.41, 5.74) is 0.236. The van der Waals surface area contributed by atoms with E-state index in [-0.39, 0.29) is 33.1 Å². The van der Waals surface area contributed by atoms with Gasteiger partial charge in [0.2, 0.25) is 9.84 Å². The first kappa shape index (κ1) is 20.9. The second-order valence-corrected chi connectivity index (χ2v) is 8.40. The number of aromatic nitrogens is 1. The van der Waals surface area contributed by atoms with E-state index in [9.17, 15) is 13.2 Å². The topological polar surface area (TPSA) is 95.7 Å². The first-order chi connectivity index (χ1) is 13.9. The minimum atomic E-state index is -4.08. The highest BCUT2D eigenvalue weighted by Crippen LogP contribution is 2.35. The van der Waals surface area contributed by atoms with Gasteiger partial charge in [-0.2, -0.15) is 0 Å². The van der Waals surface area contributed by atoms with Crippen molar-refractivity contribution in [1.29, 1.82) is 0 Å². The van der Waals surface area contributed by atoms with E-state index in [1.165, 1.54) is 25.6 Å². The number of nitrogens with zero attached hydrogens (tertiary/aromatic N) is 1. The molecular weight excluding hydrogens is 394 g/mol. The Kier molecular flexibility index (Phi) is 6.22. The van der Waals surface area contributed by atoms with Gasteiger partial charge < -0.3 is 13.9 Å². The van der Waals surface area contributed by atoms with Crippen LogP contribution in [0.25, 0.3) is 10.9 Å². The molecule has 7 nitrogen and oxygen atoms in total. The van der Waals surface area contributed by atoms with Gasteiger partial charge in [0.05, 0.1) is 30.4 Å². The fraction of sp³-hybridized carbons (Fsp3) is 0.333. The normalized spacial score (nSPS) is 11.6. The zero-order valence-electron chi connectivity index (χ0n) is 16.6. The number of carbonyl (C=O) groups is 1. The number of furan rings is 1. The van der Waals surface area contributed by atoms with E-state index in [4.69, 9.17) is 13.9 Å². The Hall–Kier alpha value is -2.87. The monoisotopic (exact) mass is 417 g/mol. The largest absolute Gasteiger partial charge is 0.494 e. The molecule has 0 radical (unpaired) electrons. The molecule has 0 aliphatic rings. The highest BCUT2D eigenvalue weighted by Gasteiger charge is 2.31. The zero-order chi connectivity index (χ0) is 21.0. The minimum absolute atomic E-state index is 0.00662. The van der Waals surface area contributed by atoms with E-state index < -0.39 is 15.8 Å². The van der Waals surface area contributed by atoms with Gasteiger partial charge in [-0.3, -0.25) is 4.98 Å². The molecule has 0 bridgehead atoms.